The van der Waals surface area contributed by atoms with Crippen LogP contribution in [0, 0.1) is 0 Å². The van der Waals surface area contributed by atoms with E-state index in [9.17, 15) is 4.79 Å². The quantitative estimate of drug-likeness (QED) is 0.384. The Morgan fingerprint density at radius 1 is 1.22 bits per heavy atom. The molecule has 1 aromatic heterocycles. The normalized spacial score (nSPS) is 18.2. The van der Waals surface area contributed by atoms with Crippen LogP contribution in [0.1, 0.15) is 36.6 Å². The smallest absolute Gasteiger partial charge is 0.286 e. The van der Waals surface area contributed by atoms with Crippen LogP contribution in [0.3, 0.4) is 0 Å². The number of ether oxygens (including phenoxy) is 2. The van der Waals surface area contributed by atoms with Crippen LogP contribution < -0.4 is 5.32 Å². The third kappa shape index (κ3) is 5.76. The minimum atomic E-state index is -0.528. The Morgan fingerprint density at radius 3 is 2.81 bits per heavy atom. The molecule has 168 valence electrons. The van der Waals surface area contributed by atoms with Crippen molar-refractivity contribution < 1.29 is 19.4 Å². The van der Waals surface area contributed by atoms with Crippen molar-refractivity contribution in [2.45, 2.75) is 38.0 Å². The first-order valence-corrected chi connectivity index (χ1v) is 11.5. The predicted octanol–water partition coefficient (Wildman–Crippen LogP) is 4.14. The second-order valence-corrected chi connectivity index (χ2v) is 8.57. The fraction of sp³-hybridized carbons (Fsp3) is 0.333. The maximum atomic E-state index is 12.9. The number of para-hydroxylation sites is 2. The highest BCUT2D eigenvalue weighted by Gasteiger charge is 2.28. The highest BCUT2D eigenvalue weighted by atomic mass is 79.9. The van der Waals surface area contributed by atoms with Crippen molar-refractivity contribution in [3.8, 4) is 0 Å². The number of imidazole rings is 1. The maximum absolute atomic E-state index is 12.9. The number of nitrogens with one attached hydrogen (secondary N) is 2. The lowest BCUT2D eigenvalue weighted by molar-refractivity contribution is -0.146. The number of amides is 1. The molecule has 1 amide bonds. The van der Waals surface area contributed by atoms with E-state index >= 15 is 0 Å². The molecule has 0 spiro atoms. The Morgan fingerprint density at radius 2 is 2.03 bits per heavy atom. The van der Waals surface area contributed by atoms with Gasteiger partial charge in [0.2, 0.25) is 6.29 Å². The largest absolute Gasteiger partial charge is 0.459 e. The molecule has 1 aliphatic heterocycles. The average Bonchev–Trinajstić information content (AvgIpc) is 3.24. The van der Waals surface area contributed by atoms with Crippen LogP contribution in [0.4, 0.5) is 0 Å². The van der Waals surface area contributed by atoms with E-state index < -0.39 is 6.29 Å². The summed E-state index contributed by atoms with van der Waals surface area (Å²) >= 11 is 3.46. The summed E-state index contributed by atoms with van der Waals surface area (Å²) in [7, 11) is 0. The van der Waals surface area contributed by atoms with Crippen molar-refractivity contribution in [2.24, 2.45) is 0 Å². The highest BCUT2D eigenvalue weighted by Crippen LogP contribution is 2.32. The molecule has 0 unspecified atom stereocenters. The topological polar surface area (TPSA) is 96.5 Å². The Hall–Kier alpha value is -2.68. The number of aliphatic hydroxyl groups excluding tert-OH is 1. The Labute approximate surface area is 195 Å². The molecule has 8 heteroatoms. The number of hydrogen-bond acceptors (Lipinski definition) is 5. The summed E-state index contributed by atoms with van der Waals surface area (Å²) in [6.07, 6.45) is 3.34. The molecule has 2 atom stereocenters. The first kappa shape index (κ1) is 22.5. The molecule has 0 bridgehead atoms. The van der Waals surface area contributed by atoms with E-state index in [0.29, 0.717) is 25.3 Å². The Kier molecular flexibility index (Phi) is 7.57. The van der Waals surface area contributed by atoms with Gasteiger partial charge in [0.25, 0.3) is 5.91 Å². The number of halogens is 1. The number of unbranched alkanes of at least 4 members (excludes halogenated alkanes) is 1. The van der Waals surface area contributed by atoms with Gasteiger partial charge < -0.3 is 24.9 Å². The zero-order chi connectivity index (χ0) is 22.3. The zero-order valence-electron chi connectivity index (χ0n) is 17.6. The number of carbonyl (C=O) groups excluding carboxylic acids is 1. The second kappa shape index (κ2) is 10.8. The summed E-state index contributed by atoms with van der Waals surface area (Å²) in [5.74, 6) is 0.604. The number of aromatic nitrogens is 2. The lowest BCUT2D eigenvalue weighted by Gasteiger charge is -2.29. The van der Waals surface area contributed by atoms with E-state index in [4.69, 9.17) is 14.6 Å². The number of aromatic amines is 1. The predicted molar refractivity (Wildman–Crippen MR) is 125 cm³/mol. The molecule has 0 fully saturated rings. The lowest BCUT2D eigenvalue weighted by Crippen LogP contribution is -2.33. The molecule has 0 saturated heterocycles. The molecule has 32 heavy (non-hydrogen) atoms. The standard InChI is InChI=1S/C24H26BrN3O4/c25-18-9-7-16(8-10-18)17-13-21(32-23(14-17)31-12-4-3-11-29)24(30)26-15-22-27-19-5-1-2-6-20(19)28-22/h1-2,5-10,13,17,23,29H,3-4,11-12,14-15H2,(H,26,30)(H,27,28)/t17-,23+/m0/s1. The van der Waals surface area contributed by atoms with Gasteiger partial charge >= 0.3 is 0 Å². The number of H-pyrrole nitrogens is 1. The number of allylic oxidation sites excluding steroid dienone is 1. The minimum absolute atomic E-state index is 0.00774. The molecule has 0 radical (unpaired) electrons. The number of fused-ring (bicyclic) bond motifs is 1. The molecular formula is C24H26BrN3O4. The van der Waals surface area contributed by atoms with Crippen LogP contribution in [-0.4, -0.2) is 40.5 Å². The van der Waals surface area contributed by atoms with Gasteiger partial charge in [-0.3, -0.25) is 4.79 Å². The number of benzene rings is 2. The number of hydrogen-bond donors (Lipinski definition) is 3. The van der Waals surface area contributed by atoms with E-state index in [1.165, 1.54) is 0 Å². The van der Waals surface area contributed by atoms with E-state index in [0.717, 1.165) is 27.5 Å². The average molecular weight is 500 g/mol. The zero-order valence-corrected chi connectivity index (χ0v) is 19.2. The molecule has 2 aromatic carbocycles. The van der Waals surface area contributed by atoms with Crippen LogP contribution >= 0.6 is 15.9 Å². The summed E-state index contributed by atoms with van der Waals surface area (Å²) < 4.78 is 12.7. The molecule has 3 aromatic rings. The summed E-state index contributed by atoms with van der Waals surface area (Å²) in [4.78, 5) is 20.6. The van der Waals surface area contributed by atoms with Crippen molar-refractivity contribution in [1.29, 1.82) is 0 Å². The van der Waals surface area contributed by atoms with Crippen molar-refractivity contribution in [2.75, 3.05) is 13.2 Å². The first-order chi connectivity index (χ1) is 15.6. The monoisotopic (exact) mass is 499 g/mol. The van der Waals surface area contributed by atoms with E-state index in [2.05, 4.69) is 31.2 Å². The van der Waals surface area contributed by atoms with Gasteiger partial charge in [-0.2, -0.15) is 0 Å². The van der Waals surface area contributed by atoms with E-state index in [1.54, 1.807) is 0 Å². The van der Waals surface area contributed by atoms with Crippen LogP contribution in [-0.2, 0) is 20.8 Å². The third-order valence-corrected chi connectivity index (χ3v) is 5.82. The van der Waals surface area contributed by atoms with Crippen molar-refractivity contribution in [3.63, 3.8) is 0 Å². The number of aliphatic hydroxyl groups is 1. The van der Waals surface area contributed by atoms with Gasteiger partial charge in [0.15, 0.2) is 5.76 Å². The number of nitrogens with zero attached hydrogens (tertiary/aromatic N) is 1. The molecule has 1 aliphatic rings. The van der Waals surface area contributed by atoms with Gasteiger partial charge in [0.1, 0.15) is 5.82 Å². The van der Waals surface area contributed by atoms with Gasteiger partial charge in [-0.15, -0.1) is 0 Å². The van der Waals surface area contributed by atoms with Gasteiger partial charge in [0.05, 0.1) is 24.2 Å². The summed E-state index contributed by atoms with van der Waals surface area (Å²) in [6, 6.07) is 15.8. The summed E-state index contributed by atoms with van der Waals surface area (Å²) in [6.45, 7) is 0.858. The fourth-order valence-corrected chi connectivity index (χ4v) is 3.89. The molecule has 3 N–H and O–H groups in total. The summed E-state index contributed by atoms with van der Waals surface area (Å²) in [5.41, 5.74) is 2.87. The van der Waals surface area contributed by atoms with Gasteiger partial charge in [-0.1, -0.05) is 40.2 Å². The second-order valence-electron chi connectivity index (χ2n) is 7.66. The molecule has 2 heterocycles. The molecular weight excluding hydrogens is 474 g/mol. The van der Waals surface area contributed by atoms with Crippen LogP contribution in [0.15, 0.2) is 64.8 Å². The fourth-order valence-electron chi connectivity index (χ4n) is 3.63. The van der Waals surface area contributed by atoms with Crippen LogP contribution in [0.2, 0.25) is 0 Å². The third-order valence-electron chi connectivity index (χ3n) is 5.29. The van der Waals surface area contributed by atoms with Crippen molar-refractivity contribution in [1.82, 2.24) is 15.3 Å². The Balaban J connectivity index is 1.45. The van der Waals surface area contributed by atoms with E-state index in [-0.39, 0.29) is 30.7 Å². The number of rotatable bonds is 9. The van der Waals surface area contributed by atoms with Gasteiger partial charge in [-0.05, 0) is 48.7 Å². The summed E-state index contributed by atoms with van der Waals surface area (Å²) in [5, 5.41) is 11.9. The molecule has 4 rings (SSSR count). The Bertz CT molecular complexity index is 1050. The maximum Gasteiger partial charge on any atom is 0.286 e. The molecule has 0 saturated carbocycles. The molecule has 0 aliphatic carbocycles. The van der Waals surface area contributed by atoms with Crippen LogP contribution in [0.5, 0.6) is 0 Å². The van der Waals surface area contributed by atoms with Gasteiger partial charge in [0, 0.05) is 23.4 Å². The van der Waals surface area contributed by atoms with Gasteiger partial charge in [-0.25, -0.2) is 4.98 Å². The van der Waals surface area contributed by atoms with E-state index in [1.807, 2.05) is 54.6 Å². The highest BCUT2D eigenvalue weighted by molar-refractivity contribution is 9.10. The number of carbonyl (C=O) groups is 1. The minimum Gasteiger partial charge on any atom is -0.459 e. The SMILES string of the molecule is O=C(NCc1nc2ccccc2[nH]1)C1=C[C@H](c2ccc(Br)cc2)C[C@H](OCCCCO)O1. The van der Waals surface area contributed by atoms with Crippen LogP contribution in [0.25, 0.3) is 11.0 Å². The molecule has 7 nitrogen and oxygen atoms in total. The van der Waals surface area contributed by atoms with Crippen molar-refractivity contribution >= 4 is 32.9 Å². The van der Waals surface area contributed by atoms with Crippen molar-refractivity contribution in [3.05, 3.63) is 76.2 Å². The first-order valence-electron chi connectivity index (χ1n) is 10.7. The lowest BCUT2D eigenvalue weighted by atomic mass is 9.93.